The van der Waals surface area contributed by atoms with Crippen LogP contribution in [0, 0.1) is 11.8 Å². The van der Waals surface area contributed by atoms with Gasteiger partial charge >= 0.3 is 0 Å². The smallest absolute Gasteiger partial charge is 0.147 e. The molecule has 0 rings (SSSR count). The molecule has 1 N–H and O–H groups in total. The zero-order valence-corrected chi connectivity index (χ0v) is 11.2. The molecule has 0 aromatic rings. The molecule has 15 heavy (non-hydrogen) atoms. The first-order valence-corrected chi connectivity index (χ1v) is 7.81. The molecule has 4 heteroatoms. The van der Waals surface area contributed by atoms with E-state index in [1.165, 1.54) is 6.26 Å². The van der Waals surface area contributed by atoms with Gasteiger partial charge in [-0.1, -0.05) is 20.8 Å². The summed E-state index contributed by atoms with van der Waals surface area (Å²) < 4.78 is 21.9. The first-order valence-electron chi connectivity index (χ1n) is 5.75. The van der Waals surface area contributed by atoms with Crippen molar-refractivity contribution in [2.45, 2.75) is 33.6 Å². The highest BCUT2D eigenvalue weighted by Gasteiger charge is 2.12. The Bertz CT molecular complexity index is 249. The first-order chi connectivity index (χ1) is 6.87. The van der Waals surface area contributed by atoms with Gasteiger partial charge in [-0.05, 0) is 37.8 Å². The van der Waals surface area contributed by atoms with Crippen molar-refractivity contribution in [1.29, 1.82) is 0 Å². The lowest BCUT2D eigenvalue weighted by Crippen LogP contribution is -2.25. The molecule has 0 amide bonds. The van der Waals surface area contributed by atoms with Gasteiger partial charge in [0.1, 0.15) is 9.84 Å². The molecule has 2 unspecified atom stereocenters. The van der Waals surface area contributed by atoms with E-state index in [0.717, 1.165) is 25.9 Å². The molecule has 2 atom stereocenters. The van der Waals surface area contributed by atoms with E-state index in [9.17, 15) is 8.42 Å². The number of rotatable bonds is 8. The Morgan fingerprint density at radius 3 is 2.27 bits per heavy atom. The van der Waals surface area contributed by atoms with E-state index in [4.69, 9.17) is 0 Å². The first kappa shape index (κ1) is 14.9. The van der Waals surface area contributed by atoms with Gasteiger partial charge in [0, 0.05) is 12.0 Å². The van der Waals surface area contributed by atoms with E-state index in [1.807, 2.05) is 0 Å². The summed E-state index contributed by atoms with van der Waals surface area (Å²) in [6.45, 7) is 8.54. The van der Waals surface area contributed by atoms with Crippen LogP contribution < -0.4 is 5.32 Å². The molecule has 0 aromatic heterocycles. The van der Waals surface area contributed by atoms with Crippen LogP contribution in [0.4, 0.5) is 0 Å². The third-order valence-corrected chi connectivity index (χ3v) is 3.89. The van der Waals surface area contributed by atoms with Gasteiger partial charge in [-0.3, -0.25) is 0 Å². The fourth-order valence-electron chi connectivity index (χ4n) is 1.53. The van der Waals surface area contributed by atoms with E-state index >= 15 is 0 Å². The van der Waals surface area contributed by atoms with Gasteiger partial charge in [-0.25, -0.2) is 8.42 Å². The monoisotopic (exact) mass is 235 g/mol. The van der Waals surface area contributed by atoms with E-state index in [1.54, 1.807) is 0 Å². The Morgan fingerprint density at radius 2 is 1.80 bits per heavy atom. The molecule has 0 heterocycles. The Morgan fingerprint density at radius 1 is 1.20 bits per heavy atom. The minimum Gasteiger partial charge on any atom is -0.317 e. The van der Waals surface area contributed by atoms with Crippen molar-refractivity contribution in [1.82, 2.24) is 5.32 Å². The van der Waals surface area contributed by atoms with Gasteiger partial charge in [-0.15, -0.1) is 0 Å². The lowest BCUT2D eigenvalue weighted by Gasteiger charge is -2.19. The highest BCUT2D eigenvalue weighted by atomic mass is 32.2. The van der Waals surface area contributed by atoms with Gasteiger partial charge in [-0.2, -0.15) is 0 Å². The molecule has 0 radical (unpaired) electrons. The Labute approximate surface area is 94.6 Å². The zero-order valence-electron chi connectivity index (χ0n) is 10.4. The summed E-state index contributed by atoms with van der Waals surface area (Å²) in [7, 11) is -2.78. The molecule has 0 aliphatic carbocycles. The molecular weight excluding hydrogens is 210 g/mol. The Balaban J connectivity index is 3.68. The molecule has 0 aliphatic heterocycles. The van der Waals surface area contributed by atoms with Crippen molar-refractivity contribution < 1.29 is 8.42 Å². The predicted molar refractivity (Wildman–Crippen MR) is 65.8 cm³/mol. The normalized spacial score (nSPS) is 16.3. The zero-order chi connectivity index (χ0) is 11.9. The van der Waals surface area contributed by atoms with Crippen LogP contribution in [0.2, 0.25) is 0 Å². The highest BCUT2D eigenvalue weighted by molar-refractivity contribution is 7.90. The molecule has 0 spiro atoms. The fraction of sp³-hybridized carbons (Fsp3) is 1.00. The van der Waals surface area contributed by atoms with E-state index in [0.29, 0.717) is 17.6 Å². The third kappa shape index (κ3) is 8.88. The molecule has 0 aliphatic rings. The molecule has 0 saturated heterocycles. The van der Waals surface area contributed by atoms with Crippen LogP contribution >= 0.6 is 0 Å². The van der Waals surface area contributed by atoms with Gasteiger partial charge in [0.05, 0.1) is 0 Å². The van der Waals surface area contributed by atoms with Gasteiger partial charge in [0.2, 0.25) is 0 Å². The van der Waals surface area contributed by atoms with Crippen molar-refractivity contribution in [3.05, 3.63) is 0 Å². The molecule has 92 valence electrons. The van der Waals surface area contributed by atoms with Crippen LogP contribution in [-0.2, 0) is 9.84 Å². The van der Waals surface area contributed by atoms with Crippen molar-refractivity contribution >= 4 is 9.84 Å². The quantitative estimate of drug-likeness (QED) is 0.696. The number of hydrogen-bond acceptors (Lipinski definition) is 3. The average Bonchev–Trinajstić information content (AvgIpc) is 2.11. The fourth-order valence-corrected chi connectivity index (χ4v) is 2.22. The van der Waals surface area contributed by atoms with Crippen LogP contribution in [0.3, 0.4) is 0 Å². The summed E-state index contributed by atoms with van der Waals surface area (Å²) >= 11 is 0. The lowest BCUT2D eigenvalue weighted by molar-refractivity contribution is 0.347. The summed E-state index contributed by atoms with van der Waals surface area (Å²) in [6, 6.07) is 0. The second-order valence-corrected chi connectivity index (χ2v) is 6.79. The van der Waals surface area contributed by atoms with Crippen molar-refractivity contribution in [3.8, 4) is 0 Å². The van der Waals surface area contributed by atoms with Crippen LogP contribution in [0.1, 0.15) is 33.6 Å². The highest BCUT2D eigenvalue weighted by Crippen LogP contribution is 2.16. The predicted octanol–water partition coefficient (Wildman–Crippen LogP) is 1.69. The van der Waals surface area contributed by atoms with E-state index in [2.05, 4.69) is 26.1 Å². The molecule has 0 bridgehead atoms. The summed E-state index contributed by atoms with van der Waals surface area (Å²) in [5, 5.41) is 3.32. The van der Waals surface area contributed by atoms with Gasteiger partial charge < -0.3 is 5.32 Å². The molecule has 0 aromatic carbocycles. The minimum atomic E-state index is -2.78. The number of sulfone groups is 1. The van der Waals surface area contributed by atoms with Crippen molar-refractivity contribution in [2.75, 3.05) is 25.1 Å². The topological polar surface area (TPSA) is 46.2 Å². The Kier molecular flexibility index (Phi) is 7.18. The third-order valence-electron chi connectivity index (χ3n) is 2.86. The van der Waals surface area contributed by atoms with Crippen LogP contribution in [0.5, 0.6) is 0 Å². The van der Waals surface area contributed by atoms with E-state index in [-0.39, 0.29) is 0 Å². The second-order valence-electron chi connectivity index (χ2n) is 4.53. The molecule has 0 saturated carbocycles. The van der Waals surface area contributed by atoms with Crippen LogP contribution in [0.15, 0.2) is 0 Å². The number of hydrogen-bond donors (Lipinski definition) is 1. The van der Waals surface area contributed by atoms with Crippen molar-refractivity contribution in [3.63, 3.8) is 0 Å². The summed E-state index contributed by atoms with van der Waals surface area (Å²) in [4.78, 5) is 0. The standard InChI is InChI=1S/C11H25NO2S/c1-5-12-9-11(3)10(2)7-6-8-15(4,13)14/h10-12H,5-9H2,1-4H3. The van der Waals surface area contributed by atoms with Crippen molar-refractivity contribution in [2.24, 2.45) is 11.8 Å². The molecular formula is C11H25NO2S. The number of nitrogens with one attached hydrogen (secondary N) is 1. The van der Waals surface area contributed by atoms with Crippen LogP contribution in [-0.4, -0.2) is 33.5 Å². The maximum Gasteiger partial charge on any atom is 0.147 e. The van der Waals surface area contributed by atoms with E-state index < -0.39 is 9.84 Å². The second kappa shape index (κ2) is 7.23. The molecule has 3 nitrogen and oxygen atoms in total. The maximum atomic E-state index is 10.9. The Hall–Kier alpha value is -0.0900. The van der Waals surface area contributed by atoms with Crippen LogP contribution in [0.25, 0.3) is 0 Å². The summed E-state index contributed by atoms with van der Waals surface area (Å²) in [6.07, 6.45) is 3.09. The van der Waals surface area contributed by atoms with Gasteiger partial charge in [0.15, 0.2) is 0 Å². The minimum absolute atomic E-state index is 0.325. The summed E-state index contributed by atoms with van der Waals surface area (Å²) in [5.74, 6) is 1.53. The molecule has 0 fully saturated rings. The largest absolute Gasteiger partial charge is 0.317 e. The summed E-state index contributed by atoms with van der Waals surface area (Å²) in [5.41, 5.74) is 0. The maximum absolute atomic E-state index is 10.9. The average molecular weight is 235 g/mol. The SMILES string of the molecule is CCNCC(C)C(C)CCCS(C)(=O)=O. The van der Waals surface area contributed by atoms with Gasteiger partial charge in [0.25, 0.3) is 0 Å². The lowest BCUT2D eigenvalue weighted by atomic mass is 9.92.